The molecule has 0 aliphatic carbocycles. The maximum atomic E-state index is 12.9. The van der Waals surface area contributed by atoms with E-state index in [9.17, 15) is 4.79 Å². The molecule has 2 aromatic rings. The van der Waals surface area contributed by atoms with Gasteiger partial charge in [-0.05, 0) is 74.0 Å². The van der Waals surface area contributed by atoms with E-state index < -0.39 is 0 Å². The lowest BCUT2D eigenvalue weighted by Gasteiger charge is -2.44. The second kappa shape index (κ2) is 11.9. The Labute approximate surface area is 208 Å². The van der Waals surface area contributed by atoms with Crippen molar-refractivity contribution in [2.75, 3.05) is 19.6 Å². The van der Waals surface area contributed by atoms with Gasteiger partial charge in [-0.25, -0.2) is 0 Å². The number of ether oxygens (including phenoxy) is 1. The number of nitrogens with one attached hydrogen (secondary N) is 3. The van der Waals surface area contributed by atoms with E-state index in [2.05, 4.69) is 17.1 Å². The number of amides is 1. The van der Waals surface area contributed by atoms with E-state index in [1.807, 2.05) is 54.6 Å². The zero-order valence-electron chi connectivity index (χ0n) is 20.6. The molecule has 5 rings (SSSR count). The van der Waals surface area contributed by atoms with Crippen LogP contribution in [-0.2, 0) is 11.4 Å². The molecule has 0 radical (unpaired) electrons. The Morgan fingerprint density at radius 1 is 1.09 bits per heavy atom. The van der Waals surface area contributed by atoms with Crippen LogP contribution in [0.3, 0.4) is 0 Å². The maximum absolute atomic E-state index is 12.9. The highest BCUT2D eigenvalue weighted by Crippen LogP contribution is 2.27. The van der Waals surface area contributed by atoms with E-state index in [4.69, 9.17) is 15.6 Å². The first kappa shape index (κ1) is 24.9. The van der Waals surface area contributed by atoms with Gasteiger partial charge < -0.3 is 20.4 Å². The van der Waals surface area contributed by atoms with Crippen molar-refractivity contribution in [3.05, 3.63) is 71.8 Å². The first-order valence-electron chi connectivity index (χ1n) is 12.7. The molecule has 3 aliphatic rings. The number of benzene rings is 2. The van der Waals surface area contributed by atoms with Gasteiger partial charge in [-0.1, -0.05) is 55.8 Å². The molecule has 3 heterocycles. The lowest BCUT2D eigenvalue weighted by atomic mass is 9.84. The van der Waals surface area contributed by atoms with E-state index in [0.717, 1.165) is 62.2 Å². The third-order valence-corrected chi connectivity index (χ3v) is 7.03. The number of rotatable bonds is 11. The fraction of sp³-hybridized carbons (Fsp3) is 0.414. The third kappa shape index (κ3) is 6.67. The van der Waals surface area contributed by atoms with Gasteiger partial charge >= 0.3 is 0 Å². The topological polar surface area (TPSA) is 89.3 Å². The highest BCUT2D eigenvalue weighted by Gasteiger charge is 2.35. The number of allylic oxidation sites excluding steroid dienone is 1. The summed E-state index contributed by atoms with van der Waals surface area (Å²) in [6, 6.07) is 17.7. The summed E-state index contributed by atoms with van der Waals surface area (Å²) in [5, 5.41) is 20.2. The minimum Gasteiger partial charge on any atom is -0.489 e. The molecule has 6 nitrogen and oxygen atoms in total. The summed E-state index contributed by atoms with van der Waals surface area (Å²) in [6.45, 7) is 5.67. The third-order valence-electron chi connectivity index (χ3n) is 7.03. The Morgan fingerprint density at radius 3 is 2.43 bits per heavy atom. The summed E-state index contributed by atoms with van der Waals surface area (Å²) in [5.41, 5.74) is 2.90. The Balaban J connectivity index is 1.45. The molecule has 6 heteroatoms. The van der Waals surface area contributed by atoms with Crippen LogP contribution in [0.15, 0.2) is 60.7 Å². The normalized spacial score (nSPS) is 21.4. The Morgan fingerprint density at radius 2 is 1.80 bits per heavy atom. The van der Waals surface area contributed by atoms with Crippen LogP contribution >= 0.6 is 0 Å². The molecule has 3 saturated heterocycles. The summed E-state index contributed by atoms with van der Waals surface area (Å²) in [5.74, 6) is 0.894. The van der Waals surface area contributed by atoms with E-state index in [0.29, 0.717) is 30.2 Å². The molecular weight excluding hydrogens is 436 g/mol. The van der Waals surface area contributed by atoms with Crippen LogP contribution in [0.4, 0.5) is 0 Å². The minimum atomic E-state index is -0.354. The Bertz CT molecular complexity index is 1050. The second-order valence-corrected chi connectivity index (χ2v) is 9.57. The fourth-order valence-corrected chi connectivity index (χ4v) is 4.89. The molecule has 1 amide bonds. The molecule has 3 aliphatic heterocycles. The van der Waals surface area contributed by atoms with E-state index in [1.54, 1.807) is 6.08 Å². The molecule has 0 aromatic heterocycles. The molecule has 1 unspecified atom stereocenters. The number of carbonyl (C=O) groups excluding carboxylic acids is 1. The summed E-state index contributed by atoms with van der Waals surface area (Å²) >= 11 is 0. The monoisotopic (exact) mass is 472 g/mol. The molecule has 2 bridgehead atoms. The van der Waals surface area contributed by atoms with Crippen LogP contribution in [0.25, 0.3) is 5.57 Å². The van der Waals surface area contributed by atoms with Crippen LogP contribution in [0, 0.1) is 16.7 Å². The largest absolute Gasteiger partial charge is 0.489 e. The Hall–Kier alpha value is -3.25. The van der Waals surface area contributed by atoms with Crippen molar-refractivity contribution in [3.63, 3.8) is 0 Å². The van der Waals surface area contributed by atoms with Gasteiger partial charge in [0.05, 0.1) is 0 Å². The summed E-state index contributed by atoms with van der Waals surface area (Å²) in [7, 11) is 0. The molecule has 1 atom stereocenters. The lowest BCUT2D eigenvalue weighted by molar-refractivity contribution is -0.116. The van der Waals surface area contributed by atoms with E-state index in [1.165, 1.54) is 0 Å². The summed E-state index contributed by atoms with van der Waals surface area (Å²) < 4.78 is 5.90. The molecule has 0 spiro atoms. The average molecular weight is 473 g/mol. The van der Waals surface area contributed by atoms with Crippen molar-refractivity contribution >= 4 is 22.9 Å². The molecule has 0 saturated carbocycles. The Kier molecular flexibility index (Phi) is 8.48. The summed E-state index contributed by atoms with van der Waals surface area (Å²) in [4.78, 5) is 15.3. The van der Waals surface area contributed by atoms with Gasteiger partial charge in [0.1, 0.15) is 18.1 Å². The van der Waals surface area contributed by atoms with Crippen molar-refractivity contribution in [1.82, 2.24) is 10.2 Å². The van der Waals surface area contributed by atoms with Crippen molar-refractivity contribution in [3.8, 4) is 5.75 Å². The van der Waals surface area contributed by atoms with Crippen LogP contribution in [0.1, 0.15) is 50.2 Å². The smallest absolute Gasteiger partial charge is 0.269 e. The van der Waals surface area contributed by atoms with E-state index >= 15 is 0 Å². The van der Waals surface area contributed by atoms with Crippen molar-refractivity contribution in [1.29, 1.82) is 10.8 Å². The van der Waals surface area contributed by atoms with Gasteiger partial charge in [-0.2, -0.15) is 0 Å². The predicted octanol–water partition coefficient (Wildman–Crippen LogP) is 5.09. The van der Waals surface area contributed by atoms with Gasteiger partial charge in [0.25, 0.3) is 5.91 Å². The number of piperidine rings is 3. The number of nitrogens with zero attached hydrogens (tertiary/aromatic N) is 1. The molecule has 184 valence electrons. The zero-order chi connectivity index (χ0) is 24.6. The number of hydrogen-bond acceptors (Lipinski definition) is 5. The number of hydrogen-bond donors (Lipinski definition) is 3. The SMILES string of the molecule is CCCCC(=N)C(=CC(=N)C(=O)NC1CN2CCC1CC2)c1ccc(OCc2ccccc2)cc1. The fourth-order valence-electron chi connectivity index (χ4n) is 4.89. The van der Waals surface area contributed by atoms with Gasteiger partial charge in [0.2, 0.25) is 0 Å². The quantitative estimate of drug-likeness (QED) is 0.398. The average Bonchev–Trinajstić information content (AvgIpc) is 2.90. The minimum absolute atomic E-state index is 0.0953. The van der Waals surface area contributed by atoms with Crippen molar-refractivity contribution in [2.24, 2.45) is 5.92 Å². The first-order valence-corrected chi connectivity index (χ1v) is 12.7. The van der Waals surface area contributed by atoms with Crippen LogP contribution in [-0.4, -0.2) is 47.9 Å². The number of carbonyl (C=O) groups is 1. The standard InChI is InChI=1S/C29H36N4O2/c1-2-3-9-26(30)25(18-27(31)29(34)32-28-19-33-16-14-23(28)15-17-33)22-10-12-24(13-11-22)35-20-21-7-5-4-6-8-21/h4-8,10-13,18,23,28,30-31H,2-3,9,14-17,19-20H2,1H3,(H,32,34). The van der Waals surface area contributed by atoms with Gasteiger partial charge in [-0.3, -0.25) is 10.2 Å². The van der Waals surface area contributed by atoms with Crippen molar-refractivity contribution in [2.45, 2.75) is 51.7 Å². The highest BCUT2D eigenvalue weighted by molar-refractivity contribution is 6.45. The maximum Gasteiger partial charge on any atom is 0.269 e. The zero-order valence-corrected chi connectivity index (χ0v) is 20.6. The molecule has 3 N–H and O–H groups in total. The van der Waals surface area contributed by atoms with Gasteiger partial charge in [0.15, 0.2) is 0 Å². The highest BCUT2D eigenvalue weighted by atomic mass is 16.5. The summed E-state index contributed by atoms with van der Waals surface area (Å²) in [6.07, 6.45) is 6.28. The molecular formula is C29H36N4O2. The number of fused-ring (bicyclic) bond motifs is 3. The predicted molar refractivity (Wildman–Crippen MR) is 141 cm³/mol. The second-order valence-electron chi connectivity index (χ2n) is 9.57. The molecule has 2 aromatic carbocycles. The van der Waals surface area contributed by atoms with Crippen molar-refractivity contribution < 1.29 is 9.53 Å². The van der Waals surface area contributed by atoms with Crippen LogP contribution in [0.2, 0.25) is 0 Å². The van der Waals surface area contributed by atoms with Gasteiger partial charge in [-0.15, -0.1) is 0 Å². The molecule has 3 fully saturated rings. The van der Waals surface area contributed by atoms with Crippen LogP contribution < -0.4 is 10.1 Å². The van der Waals surface area contributed by atoms with Crippen LogP contribution in [0.5, 0.6) is 5.75 Å². The van der Waals surface area contributed by atoms with Gasteiger partial charge in [0, 0.05) is 23.9 Å². The van der Waals surface area contributed by atoms with E-state index in [-0.39, 0.29) is 17.7 Å². The lowest BCUT2D eigenvalue weighted by Crippen LogP contribution is -2.58. The molecule has 35 heavy (non-hydrogen) atoms. The first-order chi connectivity index (χ1) is 17.0. The number of unbranched alkanes of at least 4 members (excludes halogenated alkanes) is 1.